The molecule has 1 aromatic carbocycles. The standard InChI is InChI=1S/C17H27NO4S/c1-4-5-12-22-13-16-17(21-3)10-11-18(16)23(19,20)15-8-6-14(2)7-9-15/h6-9,16-17H,4-5,10-13H2,1-3H3. The normalized spacial score (nSPS) is 22.6. The van der Waals surface area contributed by atoms with Crippen LogP contribution in [0, 0.1) is 6.92 Å². The summed E-state index contributed by atoms with van der Waals surface area (Å²) in [5, 5.41) is 0. The predicted molar refractivity (Wildman–Crippen MR) is 90.0 cm³/mol. The second kappa shape index (κ2) is 8.24. The number of ether oxygens (including phenoxy) is 2. The average molecular weight is 341 g/mol. The highest BCUT2D eigenvalue weighted by atomic mass is 32.2. The Labute approximate surface area is 139 Å². The van der Waals surface area contributed by atoms with Gasteiger partial charge in [-0.1, -0.05) is 31.0 Å². The molecule has 1 heterocycles. The molecule has 2 rings (SSSR count). The van der Waals surface area contributed by atoms with Gasteiger partial charge in [-0.25, -0.2) is 8.42 Å². The van der Waals surface area contributed by atoms with Gasteiger partial charge in [-0.15, -0.1) is 0 Å². The Balaban J connectivity index is 2.15. The smallest absolute Gasteiger partial charge is 0.243 e. The number of hydrogen-bond acceptors (Lipinski definition) is 4. The van der Waals surface area contributed by atoms with Crippen LogP contribution in [0.3, 0.4) is 0 Å². The number of methoxy groups -OCH3 is 1. The fourth-order valence-corrected chi connectivity index (χ4v) is 4.51. The Hall–Kier alpha value is -0.950. The molecule has 0 spiro atoms. The second-order valence-electron chi connectivity index (χ2n) is 5.99. The lowest BCUT2D eigenvalue weighted by atomic mass is 10.2. The molecular weight excluding hydrogens is 314 g/mol. The summed E-state index contributed by atoms with van der Waals surface area (Å²) in [6.45, 7) is 5.55. The summed E-state index contributed by atoms with van der Waals surface area (Å²) in [4.78, 5) is 0.332. The largest absolute Gasteiger partial charge is 0.380 e. The fourth-order valence-electron chi connectivity index (χ4n) is 2.86. The van der Waals surface area contributed by atoms with E-state index >= 15 is 0 Å². The number of hydrogen-bond donors (Lipinski definition) is 0. The molecule has 1 aromatic rings. The van der Waals surface area contributed by atoms with E-state index in [9.17, 15) is 8.42 Å². The zero-order valence-electron chi connectivity index (χ0n) is 14.2. The maximum Gasteiger partial charge on any atom is 0.243 e. The van der Waals surface area contributed by atoms with Gasteiger partial charge in [0.2, 0.25) is 10.0 Å². The molecule has 1 aliphatic rings. The minimum absolute atomic E-state index is 0.114. The van der Waals surface area contributed by atoms with E-state index in [0.29, 0.717) is 31.1 Å². The Morgan fingerprint density at radius 3 is 2.57 bits per heavy atom. The quantitative estimate of drug-likeness (QED) is 0.682. The molecule has 0 radical (unpaired) electrons. The molecule has 130 valence electrons. The molecule has 0 aromatic heterocycles. The Bertz CT molecular complexity index is 585. The molecule has 2 unspecified atom stereocenters. The van der Waals surface area contributed by atoms with Gasteiger partial charge in [-0.2, -0.15) is 4.31 Å². The van der Waals surface area contributed by atoms with E-state index in [0.717, 1.165) is 18.4 Å². The van der Waals surface area contributed by atoms with Crippen LogP contribution in [-0.2, 0) is 19.5 Å². The van der Waals surface area contributed by atoms with Gasteiger partial charge in [0.25, 0.3) is 0 Å². The summed E-state index contributed by atoms with van der Waals surface area (Å²) in [7, 11) is -1.89. The third-order valence-electron chi connectivity index (χ3n) is 4.29. The first-order chi connectivity index (χ1) is 11.0. The number of sulfonamides is 1. The summed E-state index contributed by atoms with van der Waals surface area (Å²) in [6, 6.07) is 6.72. The molecule has 23 heavy (non-hydrogen) atoms. The van der Waals surface area contributed by atoms with Crippen LogP contribution >= 0.6 is 0 Å². The SMILES string of the molecule is CCCCOCC1C(OC)CCN1S(=O)(=O)c1ccc(C)cc1. The molecule has 1 saturated heterocycles. The van der Waals surface area contributed by atoms with Crippen LogP contribution in [0.2, 0.25) is 0 Å². The molecule has 0 saturated carbocycles. The van der Waals surface area contributed by atoms with Crippen molar-refractivity contribution in [3.05, 3.63) is 29.8 Å². The van der Waals surface area contributed by atoms with Gasteiger partial charge in [-0.05, 0) is 31.9 Å². The number of nitrogens with zero attached hydrogens (tertiary/aromatic N) is 1. The molecule has 0 aliphatic carbocycles. The highest BCUT2D eigenvalue weighted by Gasteiger charge is 2.41. The molecule has 0 bridgehead atoms. The van der Waals surface area contributed by atoms with Gasteiger partial charge in [-0.3, -0.25) is 0 Å². The molecule has 6 heteroatoms. The molecular formula is C17H27NO4S. The van der Waals surface area contributed by atoms with Crippen LogP contribution in [-0.4, -0.2) is 51.7 Å². The Kier molecular flexibility index (Phi) is 6.59. The molecule has 0 amide bonds. The van der Waals surface area contributed by atoms with E-state index in [1.807, 2.05) is 19.1 Å². The van der Waals surface area contributed by atoms with Crippen molar-refractivity contribution in [3.8, 4) is 0 Å². The number of unbranched alkanes of at least 4 members (excludes halogenated alkanes) is 1. The van der Waals surface area contributed by atoms with E-state index in [-0.39, 0.29) is 12.1 Å². The molecule has 1 aliphatic heterocycles. The van der Waals surface area contributed by atoms with Crippen molar-refractivity contribution in [2.24, 2.45) is 0 Å². The first-order valence-electron chi connectivity index (χ1n) is 8.19. The van der Waals surface area contributed by atoms with Crippen molar-refractivity contribution in [2.75, 3.05) is 26.9 Å². The molecule has 0 N–H and O–H groups in total. The maximum absolute atomic E-state index is 12.9. The zero-order valence-corrected chi connectivity index (χ0v) is 15.0. The predicted octanol–water partition coefficient (Wildman–Crippen LogP) is 2.59. The van der Waals surface area contributed by atoms with Crippen LogP contribution < -0.4 is 0 Å². The van der Waals surface area contributed by atoms with Gasteiger partial charge >= 0.3 is 0 Å². The first-order valence-corrected chi connectivity index (χ1v) is 9.63. The molecule has 2 atom stereocenters. The van der Waals surface area contributed by atoms with Gasteiger partial charge in [0.1, 0.15) is 0 Å². The van der Waals surface area contributed by atoms with Crippen molar-refractivity contribution >= 4 is 10.0 Å². The van der Waals surface area contributed by atoms with Gasteiger partial charge in [0, 0.05) is 20.3 Å². The summed E-state index contributed by atoms with van der Waals surface area (Å²) in [5.74, 6) is 0. The Morgan fingerprint density at radius 2 is 1.96 bits per heavy atom. The number of rotatable bonds is 8. The minimum atomic E-state index is -3.52. The van der Waals surface area contributed by atoms with Gasteiger partial charge in [0.15, 0.2) is 0 Å². The third-order valence-corrected chi connectivity index (χ3v) is 6.23. The van der Waals surface area contributed by atoms with Crippen LogP contribution in [0.15, 0.2) is 29.2 Å². The van der Waals surface area contributed by atoms with Crippen LogP contribution in [0.5, 0.6) is 0 Å². The van der Waals surface area contributed by atoms with Crippen LogP contribution in [0.1, 0.15) is 31.7 Å². The van der Waals surface area contributed by atoms with E-state index < -0.39 is 10.0 Å². The van der Waals surface area contributed by atoms with Crippen molar-refractivity contribution < 1.29 is 17.9 Å². The summed E-state index contributed by atoms with van der Waals surface area (Å²) >= 11 is 0. The lowest BCUT2D eigenvalue weighted by Crippen LogP contribution is -2.43. The average Bonchev–Trinajstić information content (AvgIpc) is 2.95. The van der Waals surface area contributed by atoms with Crippen molar-refractivity contribution in [1.82, 2.24) is 4.31 Å². The van der Waals surface area contributed by atoms with Crippen molar-refractivity contribution in [1.29, 1.82) is 0 Å². The summed E-state index contributed by atoms with van der Waals surface area (Å²) < 4.78 is 38.5. The third kappa shape index (κ3) is 4.32. The lowest BCUT2D eigenvalue weighted by Gasteiger charge is -2.27. The highest BCUT2D eigenvalue weighted by Crippen LogP contribution is 2.28. The van der Waals surface area contributed by atoms with Crippen molar-refractivity contribution in [3.63, 3.8) is 0 Å². The Morgan fingerprint density at radius 1 is 1.26 bits per heavy atom. The summed E-state index contributed by atoms with van der Waals surface area (Å²) in [6.07, 6.45) is 2.62. The van der Waals surface area contributed by atoms with Crippen LogP contribution in [0.25, 0.3) is 0 Å². The number of aryl methyl sites for hydroxylation is 1. The topological polar surface area (TPSA) is 55.8 Å². The van der Waals surface area contributed by atoms with E-state index in [1.54, 1.807) is 19.2 Å². The fraction of sp³-hybridized carbons (Fsp3) is 0.647. The van der Waals surface area contributed by atoms with Gasteiger partial charge < -0.3 is 9.47 Å². The van der Waals surface area contributed by atoms with E-state index in [2.05, 4.69) is 6.92 Å². The van der Waals surface area contributed by atoms with E-state index in [1.165, 1.54) is 4.31 Å². The maximum atomic E-state index is 12.9. The number of benzene rings is 1. The molecule has 1 fully saturated rings. The second-order valence-corrected chi connectivity index (χ2v) is 7.88. The molecule has 5 nitrogen and oxygen atoms in total. The monoisotopic (exact) mass is 341 g/mol. The zero-order chi connectivity index (χ0) is 16.9. The minimum Gasteiger partial charge on any atom is -0.380 e. The first kappa shape index (κ1) is 18.4. The van der Waals surface area contributed by atoms with E-state index in [4.69, 9.17) is 9.47 Å². The highest BCUT2D eigenvalue weighted by molar-refractivity contribution is 7.89. The van der Waals surface area contributed by atoms with Gasteiger partial charge in [0.05, 0.1) is 23.6 Å². The van der Waals surface area contributed by atoms with Crippen LogP contribution in [0.4, 0.5) is 0 Å². The van der Waals surface area contributed by atoms with Crippen molar-refractivity contribution in [2.45, 2.75) is 50.2 Å². The lowest BCUT2D eigenvalue weighted by molar-refractivity contribution is 0.0261. The summed E-state index contributed by atoms with van der Waals surface area (Å²) in [5.41, 5.74) is 1.04.